The van der Waals surface area contributed by atoms with Crippen molar-refractivity contribution in [1.82, 2.24) is 29.6 Å². The summed E-state index contributed by atoms with van der Waals surface area (Å²) in [5.74, 6) is 1.13. The smallest absolute Gasteiger partial charge is 0.247 e. The van der Waals surface area contributed by atoms with E-state index in [2.05, 4.69) is 41.2 Å². The van der Waals surface area contributed by atoms with Crippen LogP contribution in [0.4, 0.5) is 17.3 Å². The molecule has 9 nitrogen and oxygen atoms in total. The van der Waals surface area contributed by atoms with E-state index in [1.165, 1.54) is 6.33 Å². The summed E-state index contributed by atoms with van der Waals surface area (Å²) in [4.78, 5) is 17.2. The quantitative estimate of drug-likeness (QED) is 0.680. The number of hydrogen-bond acceptors (Lipinski definition) is 8. The summed E-state index contributed by atoms with van der Waals surface area (Å²) in [5, 5.41) is 8.32. The first-order valence-electron chi connectivity index (χ1n) is 9.57. The van der Waals surface area contributed by atoms with E-state index in [0.717, 1.165) is 50.8 Å². The molecule has 10 heteroatoms. The number of morpholine rings is 1. The number of nitrogens with zero attached hydrogens (tertiary/aromatic N) is 7. The van der Waals surface area contributed by atoms with Crippen molar-refractivity contribution in [3.63, 3.8) is 0 Å². The van der Waals surface area contributed by atoms with Gasteiger partial charge in [-0.1, -0.05) is 11.6 Å². The summed E-state index contributed by atoms with van der Waals surface area (Å²) in [6, 6.07) is 8.29. The van der Waals surface area contributed by atoms with E-state index in [1.807, 2.05) is 12.1 Å². The highest BCUT2D eigenvalue weighted by molar-refractivity contribution is 6.31. The molecule has 29 heavy (non-hydrogen) atoms. The maximum absolute atomic E-state index is 6.37. The van der Waals surface area contributed by atoms with Crippen LogP contribution in [0.1, 0.15) is 1.43 Å². The number of benzene rings is 1. The maximum atomic E-state index is 6.37. The van der Waals surface area contributed by atoms with Crippen molar-refractivity contribution in [3.8, 4) is 5.82 Å². The molecule has 2 aliphatic heterocycles. The van der Waals surface area contributed by atoms with Crippen molar-refractivity contribution in [2.75, 3.05) is 49.6 Å². The minimum absolute atomic E-state index is 0. The molecule has 0 atom stereocenters. The van der Waals surface area contributed by atoms with E-state index in [0.29, 0.717) is 22.8 Å². The summed E-state index contributed by atoms with van der Waals surface area (Å²) in [6.07, 6.45) is 4.75. The largest absolute Gasteiger partial charge is 0.379 e. The third kappa shape index (κ3) is 4.02. The molecule has 4 heterocycles. The van der Waals surface area contributed by atoms with Gasteiger partial charge in [0.2, 0.25) is 5.95 Å². The van der Waals surface area contributed by atoms with Crippen molar-refractivity contribution >= 4 is 28.9 Å². The van der Waals surface area contributed by atoms with Crippen LogP contribution in [0.3, 0.4) is 0 Å². The summed E-state index contributed by atoms with van der Waals surface area (Å²) in [5.41, 5.74) is 1.95. The number of nitrogens with one attached hydrogen (secondary N) is 1. The fraction of sp³-hybridized carbons (Fsp3) is 0.368. The Labute approximate surface area is 174 Å². The molecule has 5 rings (SSSR count). The number of aromatic nitrogens is 5. The molecular weight excluding hydrogens is 392 g/mol. The van der Waals surface area contributed by atoms with Gasteiger partial charge in [0.25, 0.3) is 0 Å². The van der Waals surface area contributed by atoms with Gasteiger partial charge in [-0.3, -0.25) is 4.90 Å². The minimum Gasteiger partial charge on any atom is -0.379 e. The average molecular weight is 415 g/mol. The number of halogens is 1. The topological polar surface area (TPSA) is 84.2 Å². The van der Waals surface area contributed by atoms with Gasteiger partial charge in [-0.15, -0.1) is 5.10 Å². The Morgan fingerprint density at radius 3 is 2.79 bits per heavy atom. The van der Waals surface area contributed by atoms with Gasteiger partial charge in [0.1, 0.15) is 12.7 Å². The van der Waals surface area contributed by atoms with Gasteiger partial charge in [-0.25, -0.2) is 14.6 Å². The predicted octanol–water partition coefficient (Wildman–Crippen LogP) is 2.22. The van der Waals surface area contributed by atoms with Crippen molar-refractivity contribution in [3.05, 3.63) is 48.1 Å². The highest BCUT2D eigenvalue weighted by atomic mass is 35.5. The zero-order chi connectivity index (χ0) is 19.6. The fourth-order valence-corrected chi connectivity index (χ4v) is 3.88. The van der Waals surface area contributed by atoms with Crippen LogP contribution in [-0.2, 0) is 4.74 Å². The number of rotatable bonds is 5. The Morgan fingerprint density at radius 2 is 2.00 bits per heavy atom. The molecule has 2 aliphatic rings. The zero-order valence-electron chi connectivity index (χ0n) is 15.8. The minimum atomic E-state index is 0. The SMILES string of the molecule is Clc1cc(Nc2ncn(-c3ccncn3)n2)cc(N2CC(N3CCOCC3)C2)c1.[HH]. The standard InChI is InChI=1S/C19H21ClN8O.H2/c20-14-7-15(24-19-23-13-28(25-19)18-1-2-21-12-22-18)9-16(8-14)27-10-17(11-27)26-3-5-29-6-4-26;/h1-2,7-9,12-13,17H,3-6,10-11H2,(H,24,25);1H. The molecule has 2 fully saturated rings. The van der Waals surface area contributed by atoms with Crippen LogP contribution in [-0.4, -0.2) is 75.1 Å². The molecule has 0 bridgehead atoms. The molecule has 0 saturated carbocycles. The highest BCUT2D eigenvalue weighted by Gasteiger charge is 2.32. The highest BCUT2D eigenvalue weighted by Crippen LogP contribution is 2.31. The number of anilines is 3. The molecular formula is C19H23ClN8O. The molecule has 0 unspecified atom stereocenters. The lowest BCUT2D eigenvalue weighted by Gasteiger charge is -2.47. The van der Waals surface area contributed by atoms with E-state index in [-0.39, 0.29) is 1.43 Å². The van der Waals surface area contributed by atoms with Crippen LogP contribution < -0.4 is 10.2 Å². The molecule has 0 spiro atoms. The third-order valence-electron chi connectivity index (χ3n) is 5.22. The normalized spacial score (nSPS) is 17.9. The first-order chi connectivity index (χ1) is 14.2. The van der Waals surface area contributed by atoms with Gasteiger partial charge in [0.05, 0.1) is 13.2 Å². The molecule has 0 aliphatic carbocycles. The molecule has 0 radical (unpaired) electrons. The van der Waals surface area contributed by atoms with Crippen LogP contribution in [0.25, 0.3) is 5.82 Å². The second-order valence-electron chi connectivity index (χ2n) is 7.11. The van der Waals surface area contributed by atoms with Crippen molar-refractivity contribution in [2.45, 2.75) is 6.04 Å². The van der Waals surface area contributed by atoms with Gasteiger partial charge >= 0.3 is 0 Å². The number of hydrogen-bond donors (Lipinski definition) is 1. The van der Waals surface area contributed by atoms with Gasteiger partial charge in [0.15, 0.2) is 5.82 Å². The zero-order valence-corrected chi connectivity index (χ0v) is 16.5. The summed E-state index contributed by atoms with van der Waals surface area (Å²) in [7, 11) is 0. The summed E-state index contributed by atoms with van der Waals surface area (Å²) in [6.45, 7) is 5.69. The van der Waals surface area contributed by atoms with E-state index in [1.54, 1.807) is 23.3 Å². The predicted molar refractivity (Wildman–Crippen MR) is 112 cm³/mol. The Bertz CT molecular complexity index is 976. The van der Waals surface area contributed by atoms with E-state index in [9.17, 15) is 0 Å². The Morgan fingerprint density at radius 1 is 1.14 bits per heavy atom. The lowest BCUT2D eigenvalue weighted by atomic mass is 10.0. The Balaban J connectivity index is 0.00000218. The second kappa shape index (κ2) is 7.94. The molecule has 1 N–H and O–H groups in total. The Hall–Kier alpha value is -2.75. The van der Waals surface area contributed by atoms with Crippen LogP contribution in [0.15, 0.2) is 43.1 Å². The van der Waals surface area contributed by atoms with Crippen molar-refractivity contribution in [1.29, 1.82) is 0 Å². The van der Waals surface area contributed by atoms with Crippen LogP contribution in [0, 0.1) is 0 Å². The van der Waals surface area contributed by atoms with Gasteiger partial charge < -0.3 is 15.0 Å². The molecule has 2 aromatic heterocycles. The van der Waals surface area contributed by atoms with E-state index in [4.69, 9.17) is 16.3 Å². The maximum Gasteiger partial charge on any atom is 0.247 e. The van der Waals surface area contributed by atoms with Crippen LogP contribution in [0.5, 0.6) is 0 Å². The first kappa shape index (κ1) is 18.3. The van der Waals surface area contributed by atoms with E-state index >= 15 is 0 Å². The monoisotopic (exact) mass is 414 g/mol. The average Bonchev–Trinajstić information content (AvgIpc) is 3.16. The van der Waals surface area contributed by atoms with Crippen LogP contribution >= 0.6 is 11.6 Å². The van der Waals surface area contributed by atoms with E-state index < -0.39 is 0 Å². The summed E-state index contributed by atoms with van der Waals surface area (Å²) < 4.78 is 7.04. The van der Waals surface area contributed by atoms with Gasteiger partial charge in [-0.05, 0) is 18.2 Å². The third-order valence-corrected chi connectivity index (χ3v) is 5.44. The fourth-order valence-electron chi connectivity index (χ4n) is 3.65. The van der Waals surface area contributed by atoms with Crippen molar-refractivity contribution in [2.24, 2.45) is 0 Å². The van der Waals surface area contributed by atoms with Gasteiger partial charge in [-0.2, -0.15) is 4.98 Å². The summed E-state index contributed by atoms with van der Waals surface area (Å²) >= 11 is 6.37. The molecule has 2 saturated heterocycles. The molecule has 152 valence electrons. The van der Waals surface area contributed by atoms with Gasteiger partial charge in [0, 0.05) is 62.3 Å². The Kier molecular flexibility index (Phi) is 5.01. The first-order valence-corrected chi connectivity index (χ1v) is 9.95. The number of ether oxygens (including phenoxy) is 1. The molecule has 1 aromatic carbocycles. The molecule has 0 amide bonds. The van der Waals surface area contributed by atoms with Crippen molar-refractivity contribution < 1.29 is 6.16 Å². The molecule has 3 aromatic rings. The van der Waals surface area contributed by atoms with Crippen LogP contribution in [0.2, 0.25) is 5.02 Å². The second-order valence-corrected chi connectivity index (χ2v) is 7.55. The lowest BCUT2D eigenvalue weighted by Crippen LogP contribution is -2.61. The lowest BCUT2D eigenvalue weighted by molar-refractivity contribution is 0.0105.